The normalized spacial score (nSPS) is 20.4. The van der Waals surface area contributed by atoms with E-state index in [-0.39, 0.29) is 18.1 Å². The van der Waals surface area contributed by atoms with Gasteiger partial charge in [0.15, 0.2) is 0 Å². The number of nitrogens with two attached hydrogens (primary N) is 1. The maximum atomic E-state index is 12.5. The molecule has 2 N–H and O–H groups in total. The van der Waals surface area contributed by atoms with Gasteiger partial charge in [0.25, 0.3) is 0 Å². The van der Waals surface area contributed by atoms with Gasteiger partial charge in [-0.15, -0.1) is 0 Å². The summed E-state index contributed by atoms with van der Waals surface area (Å²) in [5.41, 5.74) is 8.52. The molecule has 0 spiro atoms. The predicted octanol–water partition coefficient (Wildman–Crippen LogP) is 2.93. The molecular formula is C21H25N3O3. The van der Waals surface area contributed by atoms with Crippen LogP contribution >= 0.6 is 0 Å². The molecule has 3 rings (SSSR count). The van der Waals surface area contributed by atoms with Crippen molar-refractivity contribution in [3.8, 4) is 6.07 Å². The third-order valence-electron chi connectivity index (χ3n) is 5.02. The van der Waals surface area contributed by atoms with Crippen LogP contribution in [0.15, 0.2) is 47.1 Å². The van der Waals surface area contributed by atoms with Gasteiger partial charge in [0.1, 0.15) is 17.4 Å². The molecule has 2 aliphatic heterocycles. The highest BCUT2D eigenvalue weighted by atomic mass is 16.5. The summed E-state index contributed by atoms with van der Waals surface area (Å²) in [5.74, 6) is -0.657. The molecule has 1 unspecified atom stereocenters. The van der Waals surface area contributed by atoms with Crippen molar-refractivity contribution in [3.63, 3.8) is 0 Å². The van der Waals surface area contributed by atoms with Crippen molar-refractivity contribution in [1.29, 1.82) is 5.26 Å². The molecule has 0 amide bonds. The second-order valence-corrected chi connectivity index (χ2v) is 6.84. The van der Waals surface area contributed by atoms with Gasteiger partial charge < -0.3 is 15.2 Å². The molecule has 142 valence electrons. The lowest BCUT2D eigenvalue weighted by Crippen LogP contribution is -2.25. The van der Waals surface area contributed by atoms with Crippen LogP contribution in [0.25, 0.3) is 0 Å². The van der Waals surface area contributed by atoms with Crippen LogP contribution in [-0.2, 0) is 20.8 Å². The van der Waals surface area contributed by atoms with E-state index >= 15 is 0 Å². The minimum atomic E-state index is -0.580. The van der Waals surface area contributed by atoms with Gasteiger partial charge in [0.05, 0.1) is 18.1 Å². The largest absolute Gasteiger partial charge is 0.463 e. The summed E-state index contributed by atoms with van der Waals surface area (Å²) in [7, 11) is 0. The summed E-state index contributed by atoms with van der Waals surface area (Å²) in [6.07, 6.45) is 2.51. The Balaban J connectivity index is 1.92. The highest BCUT2D eigenvalue weighted by molar-refractivity contribution is 5.92. The molecule has 2 heterocycles. The van der Waals surface area contributed by atoms with Crippen LogP contribution in [0.4, 0.5) is 0 Å². The van der Waals surface area contributed by atoms with E-state index in [0.29, 0.717) is 11.3 Å². The molecule has 0 aliphatic carbocycles. The highest BCUT2D eigenvalue weighted by Crippen LogP contribution is 2.39. The van der Waals surface area contributed by atoms with Crippen molar-refractivity contribution in [2.75, 3.05) is 19.7 Å². The number of nitrogens with zero attached hydrogens (tertiary/aromatic N) is 2. The zero-order chi connectivity index (χ0) is 19.4. The second-order valence-electron chi connectivity index (χ2n) is 6.84. The first-order valence-corrected chi connectivity index (χ1v) is 9.31. The number of allylic oxidation sites excluding steroid dienone is 2. The molecule has 6 heteroatoms. The van der Waals surface area contributed by atoms with Crippen LogP contribution in [-0.4, -0.2) is 30.6 Å². The second kappa shape index (κ2) is 8.28. The first-order valence-electron chi connectivity index (χ1n) is 9.31. The Kier molecular flexibility index (Phi) is 5.82. The Morgan fingerprint density at radius 1 is 1.33 bits per heavy atom. The molecule has 6 nitrogen and oxygen atoms in total. The lowest BCUT2D eigenvalue weighted by Gasteiger charge is -2.27. The molecule has 1 atom stereocenters. The fourth-order valence-electron chi connectivity index (χ4n) is 3.70. The Morgan fingerprint density at radius 2 is 2.00 bits per heavy atom. The van der Waals surface area contributed by atoms with Crippen molar-refractivity contribution < 1.29 is 14.3 Å². The van der Waals surface area contributed by atoms with Crippen molar-refractivity contribution in [1.82, 2.24) is 4.90 Å². The number of esters is 1. The molecule has 1 saturated heterocycles. The number of likely N-dealkylation sites (tertiary alicyclic amines) is 1. The van der Waals surface area contributed by atoms with Crippen LogP contribution in [0, 0.1) is 11.3 Å². The average molecular weight is 367 g/mol. The molecule has 0 radical (unpaired) electrons. The first-order chi connectivity index (χ1) is 13.0. The van der Waals surface area contributed by atoms with Crippen LogP contribution in [0.3, 0.4) is 0 Å². The molecular weight excluding hydrogens is 342 g/mol. The van der Waals surface area contributed by atoms with E-state index in [4.69, 9.17) is 15.2 Å². The van der Waals surface area contributed by atoms with Gasteiger partial charge in [-0.1, -0.05) is 24.3 Å². The van der Waals surface area contributed by atoms with Crippen molar-refractivity contribution in [2.24, 2.45) is 5.73 Å². The van der Waals surface area contributed by atoms with Crippen molar-refractivity contribution in [3.05, 3.63) is 58.2 Å². The van der Waals surface area contributed by atoms with Gasteiger partial charge in [-0.25, -0.2) is 4.79 Å². The number of benzene rings is 1. The molecule has 0 bridgehead atoms. The number of nitriles is 1. The zero-order valence-corrected chi connectivity index (χ0v) is 15.8. The zero-order valence-electron chi connectivity index (χ0n) is 15.8. The number of hydrogen-bond acceptors (Lipinski definition) is 6. The third kappa shape index (κ3) is 3.99. The smallest absolute Gasteiger partial charge is 0.338 e. The Labute approximate surface area is 159 Å². The van der Waals surface area contributed by atoms with E-state index in [1.54, 1.807) is 13.8 Å². The third-order valence-corrected chi connectivity index (χ3v) is 5.02. The highest BCUT2D eigenvalue weighted by Gasteiger charge is 2.36. The summed E-state index contributed by atoms with van der Waals surface area (Å²) in [6, 6.07) is 10.1. The molecule has 1 aromatic rings. The number of carbonyl (C=O) groups is 1. The molecule has 1 aromatic carbocycles. The molecule has 2 aliphatic rings. The van der Waals surface area contributed by atoms with Crippen molar-refractivity contribution >= 4 is 5.97 Å². The van der Waals surface area contributed by atoms with Gasteiger partial charge in [-0.2, -0.15) is 5.26 Å². The Bertz CT molecular complexity index is 812. The molecule has 0 aromatic heterocycles. The number of rotatable bonds is 5. The number of hydrogen-bond donors (Lipinski definition) is 1. The van der Waals surface area contributed by atoms with Gasteiger partial charge in [-0.05, 0) is 50.9 Å². The molecule has 27 heavy (non-hydrogen) atoms. The summed E-state index contributed by atoms with van der Waals surface area (Å²) in [4.78, 5) is 14.9. The van der Waals surface area contributed by atoms with Crippen LogP contribution in [0.2, 0.25) is 0 Å². The van der Waals surface area contributed by atoms with E-state index in [2.05, 4.69) is 11.0 Å². The molecule has 1 fully saturated rings. The van der Waals surface area contributed by atoms with Gasteiger partial charge in [0.2, 0.25) is 5.88 Å². The Hall–Kier alpha value is -2.78. The van der Waals surface area contributed by atoms with Crippen LogP contribution in [0.1, 0.15) is 43.7 Å². The maximum Gasteiger partial charge on any atom is 0.338 e. The fraction of sp³-hybridized carbons (Fsp3) is 0.429. The topological polar surface area (TPSA) is 88.6 Å². The maximum absolute atomic E-state index is 12.5. The fourth-order valence-corrected chi connectivity index (χ4v) is 3.70. The summed E-state index contributed by atoms with van der Waals surface area (Å²) < 4.78 is 10.6. The van der Waals surface area contributed by atoms with Crippen molar-refractivity contribution in [2.45, 2.75) is 39.2 Å². The monoisotopic (exact) mass is 367 g/mol. The average Bonchev–Trinajstić information content (AvgIpc) is 3.15. The van der Waals surface area contributed by atoms with Gasteiger partial charge >= 0.3 is 5.97 Å². The van der Waals surface area contributed by atoms with E-state index in [1.807, 2.05) is 24.3 Å². The van der Waals surface area contributed by atoms with E-state index in [0.717, 1.165) is 25.2 Å². The van der Waals surface area contributed by atoms with E-state index < -0.39 is 11.9 Å². The standard InChI is InChI=1S/C21H25N3O3/c1-3-26-21(25)18-14(2)27-20(23)17(12-22)19(18)16-8-6-15(7-9-16)13-24-10-4-5-11-24/h6-9,19H,3-5,10-11,13,23H2,1-2H3. The lowest BCUT2D eigenvalue weighted by atomic mass is 9.83. The predicted molar refractivity (Wildman–Crippen MR) is 101 cm³/mol. The minimum Gasteiger partial charge on any atom is -0.463 e. The summed E-state index contributed by atoms with van der Waals surface area (Å²) in [6.45, 7) is 6.84. The lowest BCUT2D eigenvalue weighted by molar-refractivity contribution is -0.139. The summed E-state index contributed by atoms with van der Waals surface area (Å²) in [5, 5.41) is 9.60. The summed E-state index contributed by atoms with van der Waals surface area (Å²) >= 11 is 0. The number of ether oxygens (including phenoxy) is 2. The van der Waals surface area contributed by atoms with Gasteiger partial charge in [0, 0.05) is 6.54 Å². The van der Waals surface area contributed by atoms with Crippen LogP contribution in [0.5, 0.6) is 0 Å². The Morgan fingerprint density at radius 3 is 2.59 bits per heavy atom. The van der Waals surface area contributed by atoms with Gasteiger partial charge in [-0.3, -0.25) is 4.90 Å². The number of carbonyl (C=O) groups excluding carboxylic acids is 1. The quantitative estimate of drug-likeness (QED) is 0.805. The first kappa shape index (κ1) is 19.0. The SMILES string of the molecule is CCOC(=O)C1=C(C)OC(N)=C(C#N)C1c1ccc(CN2CCCC2)cc1. The minimum absolute atomic E-state index is 0.0363. The molecule has 0 saturated carbocycles. The van der Waals surface area contributed by atoms with Crippen LogP contribution < -0.4 is 5.73 Å². The van der Waals surface area contributed by atoms with E-state index in [9.17, 15) is 10.1 Å². The van der Waals surface area contributed by atoms with E-state index in [1.165, 1.54) is 18.4 Å².